The van der Waals surface area contributed by atoms with E-state index in [2.05, 4.69) is 39.9 Å². The summed E-state index contributed by atoms with van der Waals surface area (Å²) in [4.78, 5) is 14.6. The third-order valence-corrected chi connectivity index (χ3v) is 15.1. The molecule has 45 heavy (non-hydrogen) atoms. The molecule has 0 bridgehead atoms. The normalized spacial score (nSPS) is 48.2. The van der Waals surface area contributed by atoms with Crippen LogP contribution in [-0.4, -0.2) is 86.7 Å². The van der Waals surface area contributed by atoms with Crippen LogP contribution in [0.3, 0.4) is 0 Å². The van der Waals surface area contributed by atoms with E-state index in [1.165, 1.54) is 57.8 Å². The van der Waals surface area contributed by atoms with Gasteiger partial charge in [-0.2, -0.15) is 0 Å². The molecule has 0 aromatic rings. The van der Waals surface area contributed by atoms with Crippen LogP contribution in [0.2, 0.25) is 0 Å². The fourth-order valence-electron chi connectivity index (χ4n) is 12.9. The Morgan fingerprint density at radius 2 is 1.73 bits per heavy atom. The molecule has 8 nitrogen and oxygen atoms in total. The van der Waals surface area contributed by atoms with E-state index in [0.717, 1.165) is 70.5 Å². The van der Waals surface area contributed by atoms with Crippen LogP contribution in [0.5, 0.6) is 0 Å². The van der Waals surface area contributed by atoms with Crippen molar-refractivity contribution in [3.63, 3.8) is 0 Å². The number of nitrogens with one attached hydrogen (secondary N) is 1. The molecule has 8 aliphatic rings. The minimum Gasteiger partial charge on any atom is -0.443 e. The predicted molar refractivity (Wildman–Crippen MR) is 172 cm³/mol. The van der Waals surface area contributed by atoms with Crippen molar-refractivity contribution in [1.29, 1.82) is 0 Å². The molecule has 0 aromatic heterocycles. The van der Waals surface area contributed by atoms with Crippen LogP contribution >= 0.6 is 0 Å². The van der Waals surface area contributed by atoms with Gasteiger partial charge in [0.05, 0.1) is 24.9 Å². The van der Waals surface area contributed by atoms with Gasteiger partial charge in [-0.1, -0.05) is 34.6 Å². The van der Waals surface area contributed by atoms with Gasteiger partial charge in [0.15, 0.2) is 6.29 Å². The van der Waals surface area contributed by atoms with Gasteiger partial charge in [0, 0.05) is 33.3 Å². The molecular weight excluding hydrogens is 568 g/mol. The van der Waals surface area contributed by atoms with E-state index in [4.69, 9.17) is 24.1 Å². The fraction of sp³-hybridized carbons (Fsp3) is 0.973. The van der Waals surface area contributed by atoms with Gasteiger partial charge in [0.1, 0.15) is 6.10 Å². The van der Waals surface area contributed by atoms with Gasteiger partial charge in [-0.25, -0.2) is 4.79 Å². The molecule has 1 amide bonds. The first-order chi connectivity index (χ1) is 21.6. The summed E-state index contributed by atoms with van der Waals surface area (Å²) in [6.07, 6.45) is 14.4. The summed E-state index contributed by atoms with van der Waals surface area (Å²) in [5.41, 5.74) is 1.65. The molecule has 256 valence electrons. The van der Waals surface area contributed by atoms with E-state index in [1.807, 2.05) is 4.90 Å². The smallest absolute Gasteiger partial charge is 0.410 e. The summed E-state index contributed by atoms with van der Waals surface area (Å²) >= 11 is 0. The Labute approximate surface area is 272 Å². The topological polar surface area (TPSA) is 89.5 Å². The molecule has 0 radical (unpaired) electrons. The summed E-state index contributed by atoms with van der Waals surface area (Å²) in [6, 6.07) is 0. The SMILES string of the molecule is CC(C)[C@@H](OC(=O)N1CCC1)C1CC[C@H]2C(CC3C4CC[C@H]5C(C)(C)[C@@H](OC6CNCCO6)CC[C@@]56C[C@@]46CC[C@@]32C)O1.CO. The Morgan fingerprint density at radius 3 is 2.42 bits per heavy atom. The minimum absolute atomic E-state index is 0.0339. The molecule has 3 saturated heterocycles. The number of carbonyl (C=O) groups is 1. The van der Waals surface area contributed by atoms with Gasteiger partial charge in [0.2, 0.25) is 0 Å². The van der Waals surface area contributed by atoms with Crippen molar-refractivity contribution in [2.24, 2.45) is 51.2 Å². The molecule has 8 heteroatoms. The lowest BCUT2D eigenvalue weighted by atomic mass is 9.46. The second kappa shape index (κ2) is 11.9. The largest absolute Gasteiger partial charge is 0.443 e. The number of carbonyl (C=O) groups excluding carboxylic acids is 1. The van der Waals surface area contributed by atoms with Crippen LogP contribution in [0.25, 0.3) is 0 Å². The average Bonchev–Trinajstić information content (AvgIpc) is 3.57. The van der Waals surface area contributed by atoms with Gasteiger partial charge in [0.25, 0.3) is 0 Å². The molecule has 3 aliphatic heterocycles. The Hall–Kier alpha value is -0.930. The van der Waals surface area contributed by atoms with Gasteiger partial charge >= 0.3 is 6.09 Å². The Kier molecular flexibility index (Phi) is 8.62. The molecule has 8 rings (SSSR count). The monoisotopic (exact) mass is 630 g/mol. The number of fused-ring (bicyclic) bond motifs is 4. The van der Waals surface area contributed by atoms with E-state index < -0.39 is 0 Å². The molecule has 5 saturated carbocycles. The van der Waals surface area contributed by atoms with Crippen molar-refractivity contribution in [2.45, 2.75) is 136 Å². The van der Waals surface area contributed by atoms with Crippen LogP contribution in [0.4, 0.5) is 4.79 Å². The minimum atomic E-state index is -0.146. The summed E-state index contributed by atoms with van der Waals surface area (Å²) in [6.45, 7) is 16.3. The molecule has 5 aliphatic carbocycles. The Morgan fingerprint density at radius 1 is 0.956 bits per heavy atom. The number of aliphatic hydroxyl groups excluding tert-OH is 1. The quantitative estimate of drug-likeness (QED) is 0.385. The molecule has 0 aromatic carbocycles. The molecule has 12 atom stereocenters. The summed E-state index contributed by atoms with van der Waals surface area (Å²) in [7, 11) is 1.00. The van der Waals surface area contributed by atoms with E-state index in [-0.39, 0.29) is 35.9 Å². The van der Waals surface area contributed by atoms with Crippen LogP contribution in [-0.2, 0) is 18.9 Å². The van der Waals surface area contributed by atoms with Crippen LogP contribution in [0, 0.1) is 51.2 Å². The van der Waals surface area contributed by atoms with Gasteiger partial charge in [-0.05, 0) is 122 Å². The maximum Gasteiger partial charge on any atom is 0.410 e. The van der Waals surface area contributed by atoms with Crippen LogP contribution in [0.15, 0.2) is 0 Å². The van der Waals surface area contributed by atoms with E-state index in [0.29, 0.717) is 34.4 Å². The third kappa shape index (κ3) is 4.96. The summed E-state index contributed by atoms with van der Waals surface area (Å²) < 4.78 is 25.9. The van der Waals surface area contributed by atoms with E-state index in [9.17, 15) is 4.79 Å². The number of hydrogen-bond acceptors (Lipinski definition) is 7. The molecule has 5 unspecified atom stereocenters. The van der Waals surface area contributed by atoms with Gasteiger partial charge < -0.3 is 34.3 Å². The lowest BCUT2D eigenvalue weighted by Gasteiger charge is -2.60. The Bertz CT molecular complexity index is 1090. The van der Waals surface area contributed by atoms with E-state index >= 15 is 0 Å². The number of morpholine rings is 1. The van der Waals surface area contributed by atoms with Gasteiger partial charge in [-0.15, -0.1) is 0 Å². The lowest BCUT2D eigenvalue weighted by Crippen LogP contribution is -2.56. The highest BCUT2D eigenvalue weighted by Gasteiger charge is 2.80. The predicted octanol–water partition coefficient (Wildman–Crippen LogP) is 6.00. The summed E-state index contributed by atoms with van der Waals surface area (Å²) in [5.74, 6) is 3.30. The highest BCUT2D eigenvalue weighted by molar-refractivity contribution is 5.68. The van der Waals surface area contributed by atoms with Crippen molar-refractivity contribution >= 4 is 6.09 Å². The summed E-state index contributed by atoms with van der Waals surface area (Å²) in [5, 5.41) is 10.5. The zero-order chi connectivity index (χ0) is 31.8. The average molecular weight is 631 g/mol. The van der Waals surface area contributed by atoms with Crippen molar-refractivity contribution in [3.8, 4) is 0 Å². The molecule has 3 heterocycles. The zero-order valence-electron chi connectivity index (χ0n) is 29.0. The highest BCUT2D eigenvalue weighted by atomic mass is 16.7. The number of likely N-dealkylation sites (tertiary alicyclic amines) is 1. The number of amides is 1. The number of hydrogen-bond donors (Lipinski definition) is 2. The number of ether oxygens (including phenoxy) is 4. The van der Waals surface area contributed by atoms with Crippen molar-refractivity contribution < 1.29 is 28.8 Å². The third-order valence-electron chi connectivity index (χ3n) is 15.1. The number of rotatable bonds is 5. The molecular formula is C37H62N2O6. The van der Waals surface area contributed by atoms with Crippen molar-refractivity contribution in [2.75, 3.05) is 39.9 Å². The maximum atomic E-state index is 12.8. The first-order valence-electron chi connectivity index (χ1n) is 18.6. The standard InChI is InChI=1S/C36H58N2O5.CH4O/c1-22(2)31(43-32(39)38-16-6-17-38)26-9-7-24-27(41-26)19-25-23-8-10-28-33(3,4)29(42-30-20-37-15-18-40-30)11-12-36(28)21-35(23,36)14-13-34(24,25)5;1-2/h22-31,37H,6-21H2,1-5H3;2H,1H3/t23?,24-,25?,26?,27?,28-,29-,30?,31+,34+,35-,36+;/m0./s1. The van der Waals surface area contributed by atoms with Crippen molar-refractivity contribution in [1.82, 2.24) is 10.2 Å². The van der Waals surface area contributed by atoms with Crippen molar-refractivity contribution in [3.05, 3.63) is 0 Å². The number of aliphatic hydroxyl groups is 1. The van der Waals surface area contributed by atoms with Crippen LogP contribution < -0.4 is 5.32 Å². The van der Waals surface area contributed by atoms with Gasteiger partial charge in [-0.3, -0.25) is 0 Å². The lowest BCUT2D eigenvalue weighted by molar-refractivity contribution is -0.232. The first kappa shape index (κ1) is 32.6. The number of nitrogens with zero attached hydrogens (tertiary/aromatic N) is 1. The first-order valence-corrected chi connectivity index (χ1v) is 18.6. The fourth-order valence-corrected chi connectivity index (χ4v) is 12.9. The van der Waals surface area contributed by atoms with Crippen LogP contribution in [0.1, 0.15) is 105 Å². The maximum absolute atomic E-state index is 12.8. The highest BCUT2D eigenvalue weighted by Crippen LogP contribution is 2.87. The molecule has 8 fully saturated rings. The molecule has 2 N–H and O–H groups in total. The Balaban J connectivity index is 0.00000160. The molecule has 2 spiro atoms. The zero-order valence-corrected chi connectivity index (χ0v) is 29.0. The van der Waals surface area contributed by atoms with E-state index in [1.54, 1.807) is 0 Å². The second-order valence-corrected chi connectivity index (χ2v) is 17.4. The second-order valence-electron chi connectivity index (χ2n) is 17.4.